The second-order valence-corrected chi connectivity index (χ2v) is 2.98. The van der Waals surface area contributed by atoms with Crippen LogP contribution in [0.25, 0.3) is 0 Å². The number of ether oxygens (including phenoxy) is 1. The minimum atomic E-state index is 0.285. The van der Waals surface area contributed by atoms with E-state index in [4.69, 9.17) is 21.6 Å². The minimum absolute atomic E-state index is 0.285. The Morgan fingerprint density at radius 2 is 2.08 bits per heavy atom. The Labute approximate surface area is 82.0 Å². The lowest BCUT2D eigenvalue weighted by molar-refractivity contribution is 0.359. The SMILES string of the molecule is C=C(Cl)COc1ccc(C#N)cc1. The van der Waals surface area contributed by atoms with Crippen LogP contribution in [0.1, 0.15) is 5.56 Å². The summed E-state index contributed by atoms with van der Waals surface area (Å²) in [6.07, 6.45) is 0. The molecule has 1 rings (SSSR count). The first-order chi connectivity index (χ1) is 6.22. The second kappa shape index (κ2) is 4.54. The predicted molar refractivity (Wildman–Crippen MR) is 51.6 cm³/mol. The van der Waals surface area contributed by atoms with Gasteiger partial charge in [-0.2, -0.15) is 5.26 Å². The van der Waals surface area contributed by atoms with Crippen molar-refractivity contribution in [2.24, 2.45) is 0 Å². The zero-order valence-corrected chi connectivity index (χ0v) is 7.71. The molecule has 3 heteroatoms. The van der Waals surface area contributed by atoms with E-state index in [1.54, 1.807) is 24.3 Å². The molecule has 0 saturated carbocycles. The number of rotatable bonds is 3. The van der Waals surface area contributed by atoms with Crippen LogP contribution < -0.4 is 4.74 Å². The van der Waals surface area contributed by atoms with E-state index in [9.17, 15) is 0 Å². The first kappa shape index (κ1) is 9.63. The fraction of sp³-hybridized carbons (Fsp3) is 0.100. The lowest BCUT2D eigenvalue weighted by Gasteiger charge is -2.03. The van der Waals surface area contributed by atoms with Crippen molar-refractivity contribution < 1.29 is 4.74 Å². The topological polar surface area (TPSA) is 33.0 Å². The van der Waals surface area contributed by atoms with Crippen molar-refractivity contribution in [1.29, 1.82) is 5.26 Å². The van der Waals surface area contributed by atoms with E-state index in [1.165, 1.54) is 0 Å². The van der Waals surface area contributed by atoms with E-state index in [0.717, 1.165) is 0 Å². The molecule has 0 bridgehead atoms. The van der Waals surface area contributed by atoms with Gasteiger partial charge in [0.05, 0.1) is 11.6 Å². The number of benzene rings is 1. The van der Waals surface area contributed by atoms with Gasteiger partial charge in [0.15, 0.2) is 0 Å². The Hall–Kier alpha value is -1.46. The van der Waals surface area contributed by atoms with E-state index in [-0.39, 0.29) is 6.61 Å². The smallest absolute Gasteiger partial charge is 0.123 e. The Morgan fingerprint density at radius 3 is 2.54 bits per heavy atom. The van der Waals surface area contributed by atoms with E-state index in [0.29, 0.717) is 16.3 Å². The number of nitrogens with zero attached hydrogens (tertiary/aromatic N) is 1. The zero-order valence-electron chi connectivity index (χ0n) is 6.96. The van der Waals surface area contributed by atoms with Crippen LogP contribution in [0, 0.1) is 11.3 Å². The maximum Gasteiger partial charge on any atom is 0.123 e. The summed E-state index contributed by atoms with van der Waals surface area (Å²) in [5.74, 6) is 0.681. The summed E-state index contributed by atoms with van der Waals surface area (Å²) in [7, 11) is 0. The number of hydrogen-bond acceptors (Lipinski definition) is 2. The summed E-state index contributed by atoms with van der Waals surface area (Å²) in [6, 6.07) is 8.83. The van der Waals surface area contributed by atoms with Gasteiger partial charge in [-0.25, -0.2) is 0 Å². The quantitative estimate of drug-likeness (QED) is 0.740. The van der Waals surface area contributed by atoms with Crippen molar-refractivity contribution in [3.63, 3.8) is 0 Å². The molecule has 0 N–H and O–H groups in total. The monoisotopic (exact) mass is 193 g/mol. The predicted octanol–water partition coefficient (Wildman–Crippen LogP) is 2.69. The van der Waals surface area contributed by atoms with E-state index >= 15 is 0 Å². The van der Waals surface area contributed by atoms with Gasteiger partial charge < -0.3 is 4.74 Å². The molecule has 2 nitrogen and oxygen atoms in total. The molecule has 0 fully saturated rings. The zero-order chi connectivity index (χ0) is 9.68. The Morgan fingerprint density at radius 1 is 1.46 bits per heavy atom. The van der Waals surface area contributed by atoms with Crippen LogP contribution in [-0.2, 0) is 0 Å². The molecule has 0 aromatic heterocycles. The van der Waals surface area contributed by atoms with Crippen LogP contribution in [0.2, 0.25) is 0 Å². The minimum Gasteiger partial charge on any atom is -0.488 e. The van der Waals surface area contributed by atoms with Gasteiger partial charge in [0, 0.05) is 5.03 Å². The normalized spacial score (nSPS) is 8.92. The molecule has 0 atom stereocenters. The van der Waals surface area contributed by atoms with Gasteiger partial charge in [0.2, 0.25) is 0 Å². The molecule has 66 valence electrons. The average molecular weight is 194 g/mol. The first-order valence-corrected chi connectivity index (χ1v) is 4.06. The van der Waals surface area contributed by atoms with Gasteiger partial charge in [0.25, 0.3) is 0 Å². The fourth-order valence-electron chi connectivity index (χ4n) is 0.787. The van der Waals surface area contributed by atoms with Crippen LogP contribution in [0.5, 0.6) is 5.75 Å². The van der Waals surface area contributed by atoms with Crippen LogP contribution in [0.15, 0.2) is 35.9 Å². The summed E-state index contributed by atoms with van der Waals surface area (Å²) in [6.45, 7) is 3.78. The fourth-order valence-corrected chi connectivity index (χ4v) is 0.842. The molecule has 0 aliphatic heterocycles. The molecule has 1 aromatic carbocycles. The Balaban J connectivity index is 2.60. The van der Waals surface area contributed by atoms with E-state index in [1.807, 2.05) is 6.07 Å². The molecule has 1 aromatic rings. The summed E-state index contributed by atoms with van der Waals surface area (Å²) in [5, 5.41) is 8.97. The molecular weight excluding hydrogens is 186 g/mol. The van der Waals surface area contributed by atoms with Gasteiger partial charge in [-0.1, -0.05) is 18.2 Å². The van der Waals surface area contributed by atoms with E-state index in [2.05, 4.69) is 6.58 Å². The van der Waals surface area contributed by atoms with Crippen LogP contribution >= 0.6 is 11.6 Å². The highest BCUT2D eigenvalue weighted by Gasteiger charge is 1.94. The maximum absolute atomic E-state index is 8.52. The summed E-state index contributed by atoms with van der Waals surface area (Å²) in [5.41, 5.74) is 0.608. The van der Waals surface area contributed by atoms with Crippen molar-refractivity contribution in [1.82, 2.24) is 0 Å². The summed E-state index contributed by atoms with van der Waals surface area (Å²) < 4.78 is 5.23. The van der Waals surface area contributed by atoms with Crippen molar-refractivity contribution >= 4 is 11.6 Å². The number of halogens is 1. The summed E-state index contributed by atoms with van der Waals surface area (Å²) in [4.78, 5) is 0. The lowest BCUT2D eigenvalue weighted by Crippen LogP contribution is -1.95. The second-order valence-electron chi connectivity index (χ2n) is 2.44. The molecule has 0 saturated heterocycles. The molecule has 0 aliphatic carbocycles. The molecule has 0 spiro atoms. The van der Waals surface area contributed by atoms with Crippen LogP contribution in [0.4, 0.5) is 0 Å². The Bertz CT molecular complexity index is 337. The van der Waals surface area contributed by atoms with Gasteiger partial charge in [-0.05, 0) is 24.3 Å². The van der Waals surface area contributed by atoms with Crippen LogP contribution in [-0.4, -0.2) is 6.61 Å². The third-order valence-electron chi connectivity index (χ3n) is 1.38. The largest absolute Gasteiger partial charge is 0.488 e. The van der Waals surface area contributed by atoms with E-state index < -0.39 is 0 Å². The van der Waals surface area contributed by atoms with Gasteiger partial charge in [0.1, 0.15) is 12.4 Å². The molecule has 0 radical (unpaired) electrons. The molecule has 0 unspecified atom stereocenters. The standard InChI is InChI=1S/C10H8ClNO/c1-8(11)7-13-10-4-2-9(6-12)3-5-10/h2-5H,1,7H2. The van der Waals surface area contributed by atoms with Gasteiger partial charge in [-0.3, -0.25) is 0 Å². The Kier molecular flexibility index (Phi) is 3.36. The van der Waals surface area contributed by atoms with Crippen molar-refractivity contribution in [3.8, 4) is 11.8 Å². The highest BCUT2D eigenvalue weighted by molar-refractivity contribution is 6.29. The van der Waals surface area contributed by atoms with Gasteiger partial charge in [-0.15, -0.1) is 0 Å². The highest BCUT2D eigenvalue weighted by Crippen LogP contribution is 2.12. The van der Waals surface area contributed by atoms with Crippen molar-refractivity contribution in [2.45, 2.75) is 0 Å². The molecule has 13 heavy (non-hydrogen) atoms. The average Bonchev–Trinajstić information content (AvgIpc) is 2.15. The van der Waals surface area contributed by atoms with Crippen LogP contribution in [0.3, 0.4) is 0 Å². The maximum atomic E-state index is 8.52. The highest BCUT2D eigenvalue weighted by atomic mass is 35.5. The molecule has 0 amide bonds. The number of hydrogen-bond donors (Lipinski definition) is 0. The van der Waals surface area contributed by atoms with Gasteiger partial charge >= 0.3 is 0 Å². The summed E-state index contributed by atoms with van der Waals surface area (Å²) >= 11 is 5.51. The lowest BCUT2D eigenvalue weighted by atomic mass is 10.2. The third-order valence-corrected chi connectivity index (χ3v) is 1.49. The molecule has 0 heterocycles. The third kappa shape index (κ3) is 3.18. The van der Waals surface area contributed by atoms with Crippen molar-refractivity contribution in [2.75, 3.05) is 6.61 Å². The first-order valence-electron chi connectivity index (χ1n) is 3.68. The molecular formula is C10H8ClNO. The molecule has 0 aliphatic rings. The number of nitriles is 1. The van der Waals surface area contributed by atoms with Crippen molar-refractivity contribution in [3.05, 3.63) is 41.4 Å².